The summed E-state index contributed by atoms with van der Waals surface area (Å²) < 4.78 is 5.13. The largest absolute Gasteiger partial charge is 0.361 e. The van der Waals surface area contributed by atoms with Crippen LogP contribution in [0.2, 0.25) is 0 Å². The maximum absolute atomic E-state index is 12.6. The van der Waals surface area contributed by atoms with Gasteiger partial charge in [0.15, 0.2) is 0 Å². The first kappa shape index (κ1) is 16.5. The van der Waals surface area contributed by atoms with Crippen LogP contribution in [0.4, 0.5) is 0 Å². The van der Waals surface area contributed by atoms with Gasteiger partial charge in [-0.15, -0.1) is 0 Å². The lowest BCUT2D eigenvalue weighted by atomic mass is 9.98. The summed E-state index contributed by atoms with van der Waals surface area (Å²) >= 11 is 0. The van der Waals surface area contributed by atoms with Gasteiger partial charge in [0.25, 0.3) is 0 Å². The van der Waals surface area contributed by atoms with Crippen LogP contribution in [0.5, 0.6) is 0 Å². The zero-order valence-electron chi connectivity index (χ0n) is 13.6. The van der Waals surface area contributed by atoms with Crippen LogP contribution in [0.25, 0.3) is 0 Å². The van der Waals surface area contributed by atoms with Crippen LogP contribution in [-0.2, 0) is 16.0 Å². The van der Waals surface area contributed by atoms with Crippen molar-refractivity contribution in [2.75, 3.05) is 13.1 Å². The van der Waals surface area contributed by atoms with Gasteiger partial charge in [0.2, 0.25) is 11.8 Å². The highest BCUT2D eigenvalue weighted by Crippen LogP contribution is 2.22. The van der Waals surface area contributed by atoms with E-state index in [1.807, 2.05) is 18.7 Å². The molecule has 2 rings (SSSR count). The van der Waals surface area contributed by atoms with E-state index in [-0.39, 0.29) is 17.9 Å². The minimum atomic E-state index is -0.0237. The topological polar surface area (TPSA) is 75.4 Å². The molecule has 1 N–H and O–H groups in total. The van der Waals surface area contributed by atoms with Gasteiger partial charge in [-0.2, -0.15) is 0 Å². The van der Waals surface area contributed by atoms with Gasteiger partial charge in [0, 0.05) is 31.6 Å². The fourth-order valence-electron chi connectivity index (χ4n) is 3.05. The van der Waals surface area contributed by atoms with E-state index in [0.29, 0.717) is 13.0 Å². The van der Waals surface area contributed by atoms with Crippen molar-refractivity contribution in [2.24, 2.45) is 0 Å². The quantitative estimate of drug-likeness (QED) is 0.899. The minimum Gasteiger partial charge on any atom is -0.361 e. The van der Waals surface area contributed by atoms with Crippen LogP contribution < -0.4 is 5.32 Å². The molecule has 6 heteroatoms. The number of amides is 2. The molecule has 0 unspecified atom stereocenters. The summed E-state index contributed by atoms with van der Waals surface area (Å²) in [6.45, 7) is 6.64. The van der Waals surface area contributed by atoms with Crippen LogP contribution in [-0.4, -0.2) is 41.0 Å². The Morgan fingerprint density at radius 1 is 1.36 bits per heavy atom. The Bertz CT molecular complexity index is 519. The van der Waals surface area contributed by atoms with Crippen molar-refractivity contribution >= 4 is 11.8 Å². The molecule has 2 heterocycles. The molecule has 1 fully saturated rings. The summed E-state index contributed by atoms with van der Waals surface area (Å²) in [4.78, 5) is 25.6. The summed E-state index contributed by atoms with van der Waals surface area (Å²) in [5.41, 5.74) is 1.69. The minimum absolute atomic E-state index is 0.0237. The molecule has 22 heavy (non-hydrogen) atoms. The molecule has 0 bridgehead atoms. The highest BCUT2D eigenvalue weighted by molar-refractivity contribution is 5.79. The SMILES string of the molecule is CC(=O)NCC[C@H]1CCCCN1C(=O)Cc1c(C)noc1C. The van der Waals surface area contributed by atoms with E-state index < -0.39 is 0 Å². The number of piperidine rings is 1. The number of hydrogen-bond acceptors (Lipinski definition) is 4. The Hall–Kier alpha value is -1.85. The molecule has 1 aromatic rings. The van der Waals surface area contributed by atoms with Crippen LogP contribution in [0.15, 0.2) is 4.52 Å². The van der Waals surface area contributed by atoms with E-state index in [9.17, 15) is 9.59 Å². The number of nitrogens with zero attached hydrogens (tertiary/aromatic N) is 2. The normalized spacial score (nSPS) is 18.3. The molecule has 122 valence electrons. The molecule has 6 nitrogen and oxygen atoms in total. The first-order valence-corrected chi connectivity index (χ1v) is 7.94. The zero-order valence-corrected chi connectivity index (χ0v) is 13.6. The van der Waals surface area contributed by atoms with Gasteiger partial charge in [-0.1, -0.05) is 5.16 Å². The Labute approximate surface area is 131 Å². The predicted molar refractivity (Wildman–Crippen MR) is 82.3 cm³/mol. The maximum Gasteiger partial charge on any atom is 0.227 e. The maximum atomic E-state index is 12.6. The molecule has 0 saturated carbocycles. The molecule has 0 aromatic carbocycles. The molecule has 1 saturated heterocycles. The zero-order chi connectivity index (χ0) is 16.1. The molecule has 1 aliphatic rings. The number of carbonyl (C=O) groups is 2. The second kappa shape index (κ2) is 7.42. The predicted octanol–water partition coefficient (Wildman–Crippen LogP) is 1.74. The van der Waals surface area contributed by atoms with Crippen LogP contribution in [0.3, 0.4) is 0 Å². The first-order chi connectivity index (χ1) is 10.5. The first-order valence-electron chi connectivity index (χ1n) is 7.94. The summed E-state index contributed by atoms with van der Waals surface area (Å²) in [5, 5.41) is 6.72. The number of aromatic nitrogens is 1. The lowest BCUT2D eigenvalue weighted by molar-refractivity contribution is -0.134. The van der Waals surface area contributed by atoms with Gasteiger partial charge in [0.1, 0.15) is 5.76 Å². The van der Waals surface area contributed by atoms with Gasteiger partial charge in [0.05, 0.1) is 12.1 Å². The van der Waals surface area contributed by atoms with Crippen LogP contribution in [0.1, 0.15) is 49.6 Å². The molecule has 1 aromatic heterocycles. The van der Waals surface area contributed by atoms with Crippen molar-refractivity contribution in [2.45, 2.75) is 58.9 Å². The molecule has 0 radical (unpaired) electrons. The third-order valence-electron chi connectivity index (χ3n) is 4.31. The number of rotatable bonds is 5. The van der Waals surface area contributed by atoms with E-state index >= 15 is 0 Å². The lowest BCUT2D eigenvalue weighted by Gasteiger charge is -2.36. The monoisotopic (exact) mass is 307 g/mol. The fourth-order valence-corrected chi connectivity index (χ4v) is 3.05. The summed E-state index contributed by atoms with van der Waals surface area (Å²) in [6, 6.07) is 0.216. The van der Waals surface area contributed by atoms with Crippen molar-refractivity contribution in [1.29, 1.82) is 0 Å². The molecule has 1 atom stereocenters. The van der Waals surface area contributed by atoms with Gasteiger partial charge < -0.3 is 14.7 Å². The molecule has 1 aliphatic heterocycles. The Morgan fingerprint density at radius 2 is 2.14 bits per heavy atom. The van der Waals surface area contributed by atoms with Crippen molar-refractivity contribution in [3.05, 3.63) is 17.0 Å². The summed E-state index contributed by atoms with van der Waals surface area (Å²) in [7, 11) is 0. The third-order valence-corrected chi connectivity index (χ3v) is 4.31. The Balaban J connectivity index is 1.97. The number of hydrogen-bond donors (Lipinski definition) is 1. The Kier molecular flexibility index (Phi) is 5.57. The highest BCUT2D eigenvalue weighted by Gasteiger charge is 2.27. The molecule has 0 spiro atoms. The number of carbonyl (C=O) groups excluding carboxylic acids is 2. The van der Waals surface area contributed by atoms with E-state index in [1.165, 1.54) is 6.92 Å². The van der Waals surface area contributed by atoms with E-state index in [4.69, 9.17) is 4.52 Å². The van der Waals surface area contributed by atoms with Crippen LogP contribution >= 0.6 is 0 Å². The fraction of sp³-hybridized carbons (Fsp3) is 0.688. The number of nitrogens with one attached hydrogen (secondary N) is 1. The summed E-state index contributed by atoms with van der Waals surface area (Å²) in [6.07, 6.45) is 4.35. The molecule has 2 amide bonds. The van der Waals surface area contributed by atoms with Gasteiger partial charge >= 0.3 is 0 Å². The molecular formula is C16H25N3O3. The smallest absolute Gasteiger partial charge is 0.227 e. The second-order valence-electron chi connectivity index (χ2n) is 5.99. The van der Waals surface area contributed by atoms with Gasteiger partial charge in [-0.05, 0) is 39.5 Å². The number of aryl methyl sites for hydroxylation is 2. The average Bonchev–Trinajstić information content (AvgIpc) is 2.79. The Morgan fingerprint density at radius 3 is 2.77 bits per heavy atom. The summed E-state index contributed by atoms with van der Waals surface area (Å²) in [5.74, 6) is 0.823. The van der Waals surface area contributed by atoms with E-state index in [0.717, 1.165) is 49.2 Å². The average molecular weight is 307 g/mol. The second-order valence-corrected chi connectivity index (χ2v) is 5.99. The van der Waals surface area contributed by atoms with Gasteiger partial charge in [-0.25, -0.2) is 0 Å². The molecule has 0 aliphatic carbocycles. The van der Waals surface area contributed by atoms with Crippen LogP contribution in [0, 0.1) is 13.8 Å². The van der Waals surface area contributed by atoms with Crippen molar-refractivity contribution in [3.63, 3.8) is 0 Å². The van der Waals surface area contributed by atoms with E-state index in [1.54, 1.807) is 0 Å². The lowest BCUT2D eigenvalue weighted by Crippen LogP contribution is -2.45. The highest BCUT2D eigenvalue weighted by atomic mass is 16.5. The van der Waals surface area contributed by atoms with Crippen molar-refractivity contribution in [3.8, 4) is 0 Å². The molecular weight excluding hydrogens is 282 g/mol. The number of likely N-dealkylation sites (tertiary alicyclic amines) is 1. The van der Waals surface area contributed by atoms with Crippen molar-refractivity contribution in [1.82, 2.24) is 15.4 Å². The van der Waals surface area contributed by atoms with Crippen molar-refractivity contribution < 1.29 is 14.1 Å². The third kappa shape index (κ3) is 4.08. The van der Waals surface area contributed by atoms with Gasteiger partial charge in [-0.3, -0.25) is 9.59 Å². The van der Waals surface area contributed by atoms with E-state index in [2.05, 4.69) is 10.5 Å². The standard InChI is InChI=1S/C16H25N3O3/c1-11-15(12(2)22-18-11)10-16(21)19-9-5-4-6-14(19)7-8-17-13(3)20/h14H,4-10H2,1-3H3,(H,17,20)/t14-/m1/s1.